The minimum Gasteiger partial charge on any atom is -0.495 e. The molecule has 0 saturated carbocycles. The second-order valence-corrected chi connectivity index (χ2v) is 8.67. The lowest BCUT2D eigenvalue weighted by atomic mass is 9.75. The molecule has 0 aliphatic carbocycles. The van der Waals surface area contributed by atoms with E-state index < -0.39 is 5.41 Å². The Bertz CT molecular complexity index is 1180. The van der Waals surface area contributed by atoms with Crippen molar-refractivity contribution in [2.75, 3.05) is 18.6 Å². The fourth-order valence-corrected chi connectivity index (χ4v) is 4.40. The number of Topliss-reactive ketones (excluding diaryl/α,β-unsaturated/α-hetero) is 1. The van der Waals surface area contributed by atoms with Crippen LogP contribution in [-0.4, -0.2) is 25.3 Å². The Balaban J connectivity index is 1.69. The highest BCUT2D eigenvalue weighted by molar-refractivity contribution is 6.20. The molecule has 1 heterocycles. The van der Waals surface area contributed by atoms with Crippen LogP contribution in [0.25, 0.3) is 6.08 Å². The van der Waals surface area contributed by atoms with Crippen molar-refractivity contribution in [1.29, 1.82) is 0 Å². The minimum atomic E-state index is -1.14. The molecule has 1 saturated heterocycles. The molecule has 1 amide bonds. The maximum atomic E-state index is 13.9. The molecule has 4 heteroatoms. The van der Waals surface area contributed by atoms with Crippen molar-refractivity contribution >= 4 is 23.5 Å². The first kappa shape index (κ1) is 22.5. The molecule has 33 heavy (non-hydrogen) atoms. The fourth-order valence-electron chi connectivity index (χ4n) is 4.40. The van der Waals surface area contributed by atoms with Gasteiger partial charge in [-0.05, 0) is 44.4 Å². The first-order chi connectivity index (χ1) is 15.9. The quantitative estimate of drug-likeness (QED) is 0.334. The molecule has 1 aliphatic heterocycles. The van der Waals surface area contributed by atoms with E-state index in [1.807, 2.05) is 86.7 Å². The van der Waals surface area contributed by atoms with Crippen molar-refractivity contribution in [3.05, 3.63) is 101 Å². The molecule has 1 atom stereocenters. The minimum absolute atomic E-state index is 0.126. The average molecular weight is 440 g/mol. The molecule has 0 aromatic heterocycles. The smallest absolute Gasteiger partial charge is 0.241 e. The number of carbonyl (C=O) groups excluding carboxylic acids is 2. The van der Waals surface area contributed by atoms with E-state index >= 15 is 0 Å². The summed E-state index contributed by atoms with van der Waals surface area (Å²) in [5, 5.41) is 0. The number of benzene rings is 3. The lowest BCUT2D eigenvalue weighted by Crippen LogP contribution is -2.40. The number of nitrogens with zero attached hydrogens (tertiary/aromatic N) is 1. The molecule has 1 aliphatic rings. The Hall–Kier alpha value is -3.66. The van der Waals surface area contributed by atoms with Gasteiger partial charge >= 0.3 is 0 Å². The van der Waals surface area contributed by atoms with Gasteiger partial charge in [-0.3, -0.25) is 9.59 Å². The van der Waals surface area contributed by atoms with E-state index in [4.69, 9.17) is 4.74 Å². The van der Waals surface area contributed by atoms with E-state index in [-0.39, 0.29) is 11.7 Å². The summed E-state index contributed by atoms with van der Waals surface area (Å²) in [5.74, 6) is 0.323. The standard InChI is InChI=1S/C29H29NO3/c1-21-10-14-23(15-11-21)7-6-18-29(27(31)24-16-12-22(2)13-17-24)19-20-30(28(29)32)25-8-4-5-9-26(25)33-3/h4-17H,18-20H2,1-3H3/b7-6+/t29-/m0/s1. The predicted molar refractivity (Wildman–Crippen MR) is 133 cm³/mol. The van der Waals surface area contributed by atoms with Crippen LogP contribution in [-0.2, 0) is 4.79 Å². The van der Waals surface area contributed by atoms with E-state index in [9.17, 15) is 9.59 Å². The summed E-state index contributed by atoms with van der Waals surface area (Å²) in [6, 6.07) is 23.1. The van der Waals surface area contributed by atoms with Crippen LogP contribution >= 0.6 is 0 Å². The summed E-state index contributed by atoms with van der Waals surface area (Å²) in [5.41, 5.74) is 3.44. The molecule has 0 radical (unpaired) electrons. The Morgan fingerprint density at radius 2 is 1.61 bits per heavy atom. The van der Waals surface area contributed by atoms with Crippen LogP contribution in [0.3, 0.4) is 0 Å². The van der Waals surface area contributed by atoms with Gasteiger partial charge in [-0.15, -0.1) is 0 Å². The van der Waals surface area contributed by atoms with Crippen LogP contribution in [0.2, 0.25) is 0 Å². The van der Waals surface area contributed by atoms with Crippen LogP contribution in [0.4, 0.5) is 5.69 Å². The normalized spacial score (nSPS) is 18.2. The second-order valence-electron chi connectivity index (χ2n) is 8.67. The summed E-state index contributed by atoms with van der Waals surface area (Å²) in [4.78, 5) is 29.4. The zero-order chi connectivity index (χ0) is 23.4. The van der Waals surface area contributed by atoms with Crippen molar-refractivity contribution in [2.45, 2.75) is 26.7 Å². The summed E-state index contributed by atoms with van der Waals surface area (Å²) < 4.78 is 5.49. The molecule has 3 aromatic rings. The van der Waals surface area contributed by atoms with Gasteiger partial charge in [0.2, 0.25) is 5.91 Å². The molecule has 0 N–H and O–H groups in total. The zero-order valence-electron chi connectivity index (χ0n) is 19.4. The Kier molecular flexibility index (Phi) is 6.45. The number of ether oxygens (including phenoxy) is 1. The molecule has 0 spiro atoms. The zero-order valence-corrected chi connectivity index (χ0v) is 19.4. The highest BCUT2D eigenvalue weighted by Crippen LogP contribution is 2.43. The number of aryl methyl sites for hydroxylation is 2. The van der Waals surface area contributed by atoms with E-state index in [0.29, 0.717) is 36.4 Å². The number of rotatable bonds is 7. The van der Waals surface area contributed by atoms with E-state index in [0.717, 1.165) is 11.1 Å². The van der Waals surface area contributed by atoms with Crippen molar-refractivity contribution in [3.63, 3.8) is 0 Å². The molecule has 1 fully saturated rings. The number of anilines is 1. The topological polar surface area (TPSA) is 46.6 Å². The third kappa shape index (κ3) is 4.47. The van der Waals surface area contributed by atoms with Crippen molar-refractivity contribution in [2.24, 2.45) is 5.41 Å². The third-order valence-electron chi connectivity index (χ3n) is 6.40. The van der Waals surface area contributed by atoms with Gasteiger partial charge in [-0.1, -0.05) is 83.9 Å². The molecule has 4 nitrogen and oxygen atoms in total. The van der Waals surface area contributed by atoms with Gasteiger partial charge in [-0.25, -0.2) is 0 Å². The van der Waals surface area contributed by atoms with Gasteiger partial charge in [0.25, 0.3) is 0 Å². The van der Waals surface area contributed by atoms with Gasteiger partial charge in [0, 0.05) is 12.1 Å². The van der Waals surface area contributed by atoms with Crippen molar-refractivity contribution in [1.82, 2.24) is 0 Å². The number of allylic oxidation sites excluding steroid dienone is 1. The number of para-hydroxylation sites is 2. The molecule has 0 unspecified atom stereocenters. The largest absolute Gasteiger partial charge is 0.495 e. The van der Waals surface area contributed by atoms with Crippen LogP contribution < -0.4 is 9.64 Å². The highest BCUT2D eigenvalue weighted by Gasteiger charge is 2.52. The van der Waals surface area contributed by atoms with Crippen LogP contribution in [0.1, 0.15) is 39.9 Å². The van der Waals surface area contributed by atoms with Gasteiger partial charge in [0.15, 0.2) is 5.78 Å². The highest BCUT2D eigenvalue weighted by atomic mass is 16.5. The maximum Gasteiger partial charge on any atom is 0.241 e. The number of amides is 1. The monoisotopic (exact) mass is 439 g/mol. The molecular formula is C29H29NO3. The van der Waals surface area contributed by atoms with Crippen LogP contribution in [0.5, 0.6) is 5.75 Å². The fraction of sp³-hybridized carbons (Fsp3) is 0.241. The van der Waals surface area contributed by atoms with Crippen molar-refractivity contribution < 1.29 is 14.3 Å². The average Bonchev–Trinajstić information content (AvgIpc) is 3.17. The predicted octanol–water partition coefficient (Wildman–Crippen LogP) is 6.02. The number of carbonyl (C=O) groups is 2. The Morgan fingerprint density at radius 3 is 2.27 bits per heavy atom. The summed E-state index contributed by atoms with van der Waals surface area (Å²) in [7, 11) is 1.59. The third-order valence-corrected chi connectivity index (χ3v) is 6.40. The Morgan fingerprint density at radius 1 is 0.970 bits per heavy atom. The molecule has 0 bridgehead atoms. The lowest BCUT2D eigenvalue weighted by Gasteiger charge is -2.26. The van der Waals surface area contributed by atoms with Crippen LogP contribution in [0.15, 0.2) is 78.9 Å². The SMILES string of the molecule is COc1ccccc1N1CC[C@@](C/C=C/c2ccc(C)cc2)(C(=O)c2ccc(C)cc2)C1=O. The van der Waals surface area contributed by atoms with E-state index in [2.05, 4.69) is 12.1 Å². The lowest BCUT2D eigenvalue weighted by molar-refractivity contribution is -0.123. The number of hydrogen-bond donors (Lipinski definition) is 0. The maximum absolute atomic E-state index is 13.9. The van der Waals surface area contributed by atoms with Gasteiger partial charge in [-0.2, -0.15) is 0 Å². The molecule has 168 valence electrons. The number of ketones is 1. The first-order valence-corrected chi connectivity index (χ1v) is 11.2. The van der Waals surface area contributed by atoms with Gasteiger partial charge in [0.1, 0.15) is 11.2 Å². The van der Waals surface area contributed by atoms with Crippen molar-refractivity contribution in [3.8, 4) is 5.75 Å². The van der Waals surface area contributed by atoms with E-state index in [1.165, 1.54) is 5.56 Å². The summed E-state index contributed by atoms with van der Waals surface area (Å²) in [6.45, 7) is 4.50. The van der Waals surface area contributed by atoms with Gasteiger partial charge < -0.3 is 9.64 Å². The van der Waals surface area contributed by atoms with Gasteiger partial charge in [0.05, 0.1) is 12.8 Å². The van der Waals surface area contributed by atoms with Crippen LogP contribution in [0, 0.1) is 19.3 Å². The van der Waals surface area contributed by atoms with E-state index in [1.54, 1.807) is 12.0 Å². The summed E-state index contributed by atoms with van der Waals surface area (Å²) >= 11 is 0. The molecular weight excluding hydrogens is 410 g/mol. The first-order valence-electron chi connectivity index (χ1n) is 11.2. The number of methoxy groups -OCH3 is 1. The second kappa shape index (κ2) is 9.45. The summed E-state index contributed by atoms with van der Waals surface area (Å²) in [6.07, 6.45) is 4.75. The number of hydrogen-bond acceptors (Lipinski definition) is 3. The Labute approximate surface area is 195 Å². The molecule has 4 rings (SSSR count). The molecule has 3 aromatic carbocycles.